The Morgan fingerprint density at radius 1 is 1.39 bits per heavy atom. The summed E-state index contributed by atoms with van der Waals surface area (Å²) in [5, 5.41) is 3.20. The number of nitrogens with zero attached hydrogens (tertiary/aromatic N) is 3. The second-order valence-electron chi connectivity index (χ2n) is 3.99. The maximum atomic E-state index is 6.04. The average molecular weight is 349 g/mol. The van der Waals surface area contributed by atoms with Crippen LogP contribution in [0.1, 0.15) is 5.56 Å². The monoisotopic (exact) mass is 347 g/mol. The van der Waals surface area contributed by atoms with Crippen molar-refractivity contribution < 1.29 is 4.74 Å². The van der Waals surface area contributed by atoms with E-state index in [1.54, 1.807) is 11.3 Å². The van der Waals surface area contributed by atoms with Crippen LogP contribution >= 0.6 is 38.9 Å². The van der Waals surface area contributed by atoms with E-state index in [-0.39, 0.29) is 0 Å². The van der Waals surface area contributed by atoms with Gasteiger partial charge < -0.3 is 9.64 Å². The van der Waals surface area contributed by atoms with Gasteiger partial charge in [-0.2, -0.15) is 4.98 Å². The predicted molar refractivity (Wildman–Crippen MR) is 78.1 cm³/mol. The molecule has 0 saturated carbocycles. The highest BCUT2D eigenvalue weighted by atomic mass is 79.9. The van der Waals surface area contributed by atoms with Crippen LogP contribution in [0, 0.1) is 0 Å². The molecule has 4 nitrogen and oxygen atoms in total. The molecule has 0 aromatic carbocycles. The van der Waals surface area contributed by atoms with Crippen molar-refractivity contribution in [2.75, 3.05) is 31.2 Å². The molecule has 2 aromatic heterocycles. The van der Waals surface area contributed by atoms with E-state index in [4.69, 9.17) is 16.3 Å². The predicted octanol–water partition coefficient (Wildman–Crippen LogP) is 3.08. The second kappa shape index (κ2) is 5.28. The summed E-state index contributed by atoms with van der Waals surface area (Å²) < 4.78 is 6.47. The first-order chi connectivity index (χ1) is 8.79. The van der Waals surface area contributed by atoms with Gasteiger partial charge in [-0.3, -0.25) is 0 Å². The summed E-state index contributed by atoms with van der Waals surface area (Å²) in [6, 6.07) is 0. The first-order valence-corrected chi connectivity index (χ1v) is 8.00. The van der Waals surface area contributed by atoms with E-state index in [0.29, 0.717) is 5.28 Å². The maximum Gasteiger partial charge on any atom is 0.224 e. The number of fused-ring (bicyclic) bond motifs is 1. The fourth-order valence-electron chi connectivity index (χ4n) is 2.01. The standard InChI is InChI=1S/C11H11BrClN3OS/c12-5-7-6-18-9-8(7)14-11(13)15-10(9)16-1-3-17-4-2-16/h6H,1-5H2. The minimum atomic E-state index is 0.310. The Balaban J connectivity index is 2.12. The molecule has 96 valence electrons. The smallest absolute Gasteiger partial charge is 0.224 e. The van der Waals surface area contributed by atoms with Crippen molar-refractivity contribution in [3.63, 3.8) is 0 Å². The molecule has 0 atom stereocenters. The molecule has 3 rings (SSSR count). The quantitative estimate of drug-likeness (QED) is 0.617. The van der Waals surface area contributed by atoms with E-state index in [9.17, 15) is 0 Å². The van der Waals surface area contributed by atoms with E-state index < -0.39 is 0 Å². The molecule has 1 aliphatic rings. The zero-order valence-electron chi connectivity index (χ0n) is 9.53. The van der Waals surface area contributed by atoms with Crippen molar-refractivity contribution in [1.29, 1.82) is 0 Å². The number of aromatic nitrogens is 2. The molecule has 0 unspecified atom stereocenters. The first-order valence-electron chi connectivity index (χ1n) is 5.62. The van der Waals surface area contributed by atoms with Gasteiger partial charge in [0.2, 0.25) is 5.28 Å². The summed E-state index contributed by atoms with van der Waals surface area (Å²) in [5.41, 5.74) is 2.12. The Bertz CT molecular complexity index is 571. The van der Waals surface area contributed by atoms with Crippen LogP contribution in [0.5, 0.6) is 0 Å². The third-order valence-electron chi connectivity index (χ3n) is 2.90. The zero-order valence-corrected chi connectivity index (χ0v) is 12.7. The summed E-state index contributed by atoms with van der Waals surface area (Å²) in [4.78, 5) is 10.9. The fourth-order valence-corrected chi connectivity index (χ4v) is 3.84. The number of ether oxygens (including phenoxy) is 1. The van der Waals surface area contributed by atoms with E-state index >= 15 is 0 Å². The summed E-state index contributed by atoms with van der Waals surface area (Å²) >= 11 is 11.2. The molecular formula is C11H11BrClN3OS. The molecule has 0 spiro atoms. The van der Waals surface area contributed by atoms with Gasteiger partial charge in [-0.1, -0.05) is 15.9 Å². The van der Waals surface area contributed by atoms with E-state index in [0.717, 1.165) is 53.2 Å². The van der Waals surface area contributed by atoms with Crippen LogP contribution in [0.4, 0.5) is 5.82 Å². The highest BCUT2D eigenvalue weighted by Gasteiger charge is 2.19. The second-order valence-corrected chi connectivity index (χ2v) is 5.77. The number of rotatable bonds is 2. The number of hydrogen-bond donors (Lipinski definition) is 0. The van der Waals surface area contributed by atoms with Crippen LogP contribution in [-0.2, 0) is 10.1 Å². The van der Waals surface area contributed by atoms with Gasteiger partial charge in [0.15, 0.2) is 5.82 Å². The Kier molecular flexibility index (Phi) is 3.70. The molecule has 1 fully saturated rings. The molecule has 18 heavy (non-hydrogen) atoms. The van der Waals surface area contributed by atoms with Crippen molar-refractivity contribution in [1.82, 2.24) is 9.97 Å². The number of thiophene rings is 1. The molecule has 0 radical (unpaired) electrons. The third-order valence-corrected chi connectivity index (χ3v) is 4.69. The summed E-state index contributed by atoms with van der Waals surface area (Å²) in [5.74, 6) is 0.936. The van der Waals surface area contributed by atoms with Crippen molar-refractivity contribution in [2.45, 2.75) is 5.33 Å². The Morgan fingerprint density at radius 2 is 2.17 bits per heavy atom. The lowest BCUT2D eigenvalue weighted by molar-refractivity contribution is 0.122. The molecule has 0 N–H and O–H groups in total. The number of alkyl halides is 1. The van der Waals surface area contributed by atoms with Crippen LogP contribution in [0.25, 0.3) is 10.2 Å². The van der Waals surface area contributed by atoms with Crippen LogP contribution in [0.3, 0.4) is 0 Å². The van der Waals surface area contributed by atoms with Gasteiger partial charge in [-0.05, 0) is 22.5 Å². The molecular weight excluding hydrogens is 338 g/mol. The number of halogens is 2. The lowest BCUT2D eigenvalue weighted by Gasteiger charge is -2.28. The molecule has 3 heterocycles. The third kappa shape index (κ3) is 2.22. The SMILES string of the molecule is Clc1nc(N2CCOCC2)c2scc(CBr)c2n1. The Labute approximate surface area is 122 Å². The van der Waals surface area contributed by atoms with E-state index in [1.165, 1.54) is 0 Å². The molecule has 7 heteroatoms. The molecule has 1 aliphatic heterocycles. The van der Waals surface area contributed by atoms with Crippen LogP contribution in [0.2, 0.25) is 5.28 Å². The number of anilines is 1. The molecule has 2 aromatic rings. The lowest BCUT2D eigenvalue weighted by Crippen LogP contribution is -2.36. The largest absolute Gasteiger partial charge is 0.378 e. The Morgan fingerprint density at radius 3 is 2.89 bits per heavy atom. The van der Waals surface area contributed by atoms with Crippen molar-refractivity contribution in [3.05, 3.63) is 16.2 Å². The minimum absolute atomic E-state index is 0.310. The van der Waals surface area contributed by atoms with Gasteiger partial charge >= 0.3 is 0 Å². The minimum Gasteiger partial charge on any atom is -0.378 e. The average Bonchev–Trinajstić information content (AvgIpc) is 2.81. The van der Waals surface area contributed by atoms with E-state index in [1.807, 2.05) is 0 Å². The maximum absolute atomic E-state index is 6.04. The van der Waals surface area contributed by atoms with Crippen molar-refractivity contribution in [2.24, 2.45) is 0 Å². The molecule has 0 aliphatic carbocycles. The van der Waals surface area contributed by atoms with Crippen LogP contribution in [-0.4, -0.2) is 36.3 Å². The first kappa shape index (κ1) is 12.6. The van der Waals surface area contributed by atoms with Gasteiger partial charge in [0.05, 0.1) is 23.4 Å². The van der Waals surface area contributed by atoms with Crippen molar-refractivity contribution in [3.8, 4) is 0 Å². The lowest BCUT2D eigenvalue weighted by atomic mass is 10.3. The normalized spacial score (nSPS) is 16.4. The summed E-state index contributed by atoms with van der Waals surface area (Å²) in [6.07, 6.45) is 0. The fraction of sp³-hybridized carbons (Fsp3) is 0.455. The van der Waals surface area contributed by atoms with Crippen LogP contribution < -0.4 is 4.90 Å². The molecule has 1 saturated heterocycles. The van der Waals surface area contributed by atoms with Gasteiger partial charge in [-0.25, -0.2) is 4.98 Å². The highest BCUT2D eigenvalue weighted by molar-refractivity contribution is 9.08. The molecule has 0 amide bonds. The summed E-state index contributed by atoms with van der Waals surface area (Å²) in [7, 11) is 0. The summed E-state index contributed by atoms with van der Waals surface area (Å²) in [6.45, 7) is 3.17. The van der Waals surface area contributed by atoms with Gasteiger partial charge in [0.25, 0.3) is 0 Å². The number of morpholine rings is 1. The topological polar surface area (TPSA) is 38.2 Å². The van der Waals surface area contributed by atoms with Gasteiger partial charge in [0, 0.05) is 18.4 Å². The zero-order chi connectivity index (χ0) is 12.5. The van der Waals surface area contributed by atoms with E-state index in [2.05, 4.69) is 36.2 Å². The van der Waals surface area contributed by atoms with Gasteiger partial charge in [0.1, 0.15) is 0 Å². The number of hydrogen-bond acceptors (Lipinski definition) is 5. The highest BCUT2D eigenvalue weighted by Crippen LogP contribution is 2.34. The van der Waals surface area contributed by atoms with Crippen LogP contribution in [0.15, 0.2) is 5.38 Å². The van der Waals surface area contributed by atoms with Crippen molar-refractivity contribution >= 4 is 54.9 Å². The Hall–Kier alpha value is -0.430. The van der Waals surface area contributed by atoms with Gasteiger partial charge in [-0.15, -0.1) is 11.3 Å². The molecule has 0 bridgehead atoms.